The zero-order valence-electron chi connectivity index (χ0n) is 11.3. The zero-order valence-corrected chi connectivity index (χ0v) is 11.3. The zero-order chi connectivity index (χ0) is 15.4. The van der Waals surface area contributed by atoms with Gasteiger partial charge in [0.15, 0.2) is 28.8 Å². The number of rotatable bonds is 4. The second-order valence-electron chi connectivity index (χ2n) is 4.33. The van der Waals surface area contributed by atoms with E-state index in [9.17, 15) is 20.1 Å². The van der Waals surface area contributed by atoms with Gasteiger partial charge in [-0.05, 0) is 42.0 Å². The molecular formula is C16H14O5. The van der Waals surface area contributed by atoms with E-state index in [2.05, 4.69) is 0 Å². The third-order valence-corrected chi connectivity index (χ3v) is 2.89. The number of ketones is 1. The van der Waals surface area contributed by atoms with Crippen LogP contribution in [-0.2, 0) is 0 Å². The molecule has 0 fully saturated rings. The molecule has 2 aromatic rings. The third-order valence-electron chi connectivity index (χ3n) is 2.89. The lowest BCUT2D eigenvalue weighted by Crippen LogP contribution is -1.95. The van der Waals surface area contributed by atoms with Crippen molar-refractivity contribution in [1.82, 2.24) is 0 Å². The minimum Gasteiger partial charge on any atom is -0.504 e. The second-order valence-corrected chi connectivity index (χ2v) is 4.33. The molecule has 0 saturated carbocycles. The summed E-state index contributed by atoms with van der Waals surface area (Å²) in [5, 5.41) is 28.0. The Bertz CT molecular complexity index is 704. The van der Waals surface area contributed by atoms with Crippen molar-refractivity contribution in [3.8, 4) is 23.0 Å². The normalized spacial score (nSPS) is 10.7. The van der Waals surface area contributed by atoms with Gasteiger partial charge < -0.3 is 20.1 Å². The molecule has 5 heteroatoms. The number of carbonyl (C=O) groups is 1. The van der Waals surface area contributed by atoms with Crippen LogP contribution in [0.2, 0.25) is 0 Å². The largest absolute Gasteiger partial charge is 0.504 e. The standard InChI is InChI=1S/C16H14O5/c1-21-16-9-11(4-7-14(16)19)12(17)5-2-10-3-6-13(18)15(20)8-10/h2-9,18-20H,1H3/b5-2+. The van der Waals surface area contributed by atoms with Crippen LogP contribution >= 0.6 is 0 Å². The lowest BCUT2D eigenvalue weighted by Gasteiger charge is -2.04. The van der Waals surface area contributed by atoms with E-state index < -0.39 is 0 Å². The van der Waals surface area contributed by atoms with Crippen molar-refractivity contribution in [1.29, 1.82) is 0 Å². The van der Waals surface area contributed by atoms with Gasteiger partial charge in [0.2, 0.25) is 0 Å². The van der Waals surface area contributed by atoms with Crippen molar-refractivity contribution >= 4 is 11.9 Å². The molecule has 0 aliphatic rings. The van der Waals surface area contributed by atoms with E-state index in [-0.39, 0.29) is 28.8 Å². The summed E-state index contributed by atoms with van der Waals surface area (Å²) in [4.78, 5) is 12.0. The molecule has 0 aliphatic carbocycles. The molecule has 21 heavy (non-hydrogen) atoms. The van der Waals surface area contributed by atoms with Crippen LogP contribution in [0.1, 0.15) is 15.9 Å². The number of hydrogen-bond donors (Lipinski definition) is 3. The minimum absolute atomic E-state index is 0.0403. The Hall–Kier alpha value is -2.95. The molecule has 2 rings (SSSR count). The van der Waals surface area contributed by atoms with E-state index in [0.717, 1.165) is 0 Å². The molecule has 0 unspecified atom stereocenters. The Morgan fingerprint density at radius 2 is 1.71 bits per heavy atom. The third kappa shape index (κ3) is 3.33. The lowest BCUT2D eigenvalue weighted by atomic mass is 10.1. The molecule has 0 heterocycles. The van der Waals surface area contributed by atoms with Crippen LogP contribution < -0.4 is 4.74 Å². The first kappa shape index (κ1) is 14.5. The van der Waals surface area contributed by atoms with Crippen molar-refractivity contribution in [3.05, 3.63) is 53.6 Å². The maximum atomic E-state index is 12.0. The average Bonchev–Trinajstić information content (AvgIpc) is 2.48. The fraction of sp³-hybridized carbons (Fsp3) is 0.0625. The summed E-state index contributed by atoms with van der Waals surface area (Å²) >= 11 is 0. The van der Waals surface area contributed by atoms with Gasteiger partial charge >= 0.3 is 0 Å². The summed E-state index contributed by atoms with van der Waals surface area (Å²) in [5.74, 6) is -0.573. The van der Waals surface area contributed by atoms with Crippen molar-refractivity contribution in [2.45, 2.75) is 0 Å². The Morgan fingerprint density at radius 3 is 2.38 bits per heavy atom. The molecule has 0 amide bonds. The molecule has 108 valence electrons. The number of hydrogen-bond acceptors (Lipinski definition) is 5. The van der Waals surface area contributed by atoms with Gasteiger partial charge in [0.25, 0.3) is 0 Å². The Balaban J connectivity index is 2.20. The molecule has 0 bridgehead atoms. The Morgan fingerprint density at radius 1 is 1.00 bits per heavy atom. The molecule has 3 N–H and O–H groups in total. The summed E-state index contributed by atoms with van der Waals surface area (Å²) in [6, 6.07) is 8.55. The van der Waals surface area contributed by atoms with E-state index in [1.54, 1.807) is 6.07 Å². The van der Waals surface area contributed by atoms with Crippen LogP contribution in [0.3, 0.4) is 0 Å². The predicted molar refractivity (Wildman–Crippen MR) is 77.8 cm³/mol. The summed E-state index contributed by atoms with van der Waals surface area (Å²) < 4.78 is 4.94. The summed E-state index contributed by atoms with van der Waals surface area (Å²) in [5.41, 5.74) is 0.938. The number of phenols is 3. The van der Waals surface area contributed by atoms with Crippen molar-refractivity contribution in [3.63, 3.8) is 0 Å². The van der Waals surface area contributed by atoms with Gasteiger partial charge in [-0.15, -0.1) is 0 Å². The summed E-state index contributed by atoms with van der Waals surface area (Å²) in [7, 11) is 1.40. The molecule has 0 radical (unpaired) electrons. The first-order valence-electron chi connectivity index (χ1n) is 6.12. The number of ether oxygens (including phenoxy) is 1. The van der Waals surface area contributed by atoms with Gasteiger partial charge in [0.1, 0.15) is 0 Å². The lowest BCUT2D eigenvalue weighted by molar-refractivity contribution is 0.104. The number of methoxy groups -OCH3 is 1. The molecular weight excluding hydrogens is 272 g/mol. The molecule has 0 spiro atoms. The monoisotopic (exact) mass is 286 g/mol. The van der Waals surface area contributed by atoms with Gasteiger partial charge in [0, 0.05) is 5.56 Å². The van der Waals surface area contributed by atoms with Crippen LogP contribution in [0, 0.1) is 0 Å². The quantitative estimate of drug-likeness (QED) is 0.457. The SMILES string of the molecule is COc1cc(C(=O)/C=C/c2ccc(O)c(O)c2)ccc1O. The summed E-state index contributed by atoms with van der Waals surface area (Å²) in [6.45, 7) is 0. The molecule has 5 nitrogen and oxygen atoms in total. The molecule has 0 atom stereocenters. The topological polar surface area (TPSA) is 87.0 Å². The van der Waals surface area contributed by atoms with Crippen molar-refractivity contribution < 1.29 is 24.9 Å². The van der Waals surface area contributed by atoms with Gasteiger partial charge in [-0.25, -0.2) is 0 Å². The second kappa shape index (κ2) is 6.00. The van der Waals surface area contributed by atoms with Crippen molar-refractivity contribution in [2.24, 2.45) is 0 Å². The number of phenolic OH excluding ortho intramolecular Hbond substituents is 3. The number of allylic oxidation sites excluding steroid dienone is 1. The Kier molecular flexibility index (Phi) is 4.13. The van der Waals surface area contributed by atoms with E-state index in [1.165, 1.54) is 49.6 Å². The van der Waals surface area contributed by atoms with Crippen LogP contribution in [0.5, 0.6) is 23.0 Å². The highest BCUT2D eigenvalue weighted by Gasteiger charge is 2.07. The number of benzene rings is 2. The highest BCUT2D eigenvalue weighted by molar-refractivity contribution is 6.07. The highest BCUT2D eigenvalue weighted by Crippen LogP contribution is 2.27. The molecule has 2 aromatic carbocycles. The molecule has 0 aromatic heterocycles. The van der Waals surface area contributed by atoms with Gasteiger partial charge in [-0.1, -0.05) is 12.1 Å². The van der Waals surface area contributed by atoms with Gasteiger partial charge in [-0.2, -0.15) is 0 Å². The fourth-order valence-corrected chi connectivity index (χ4v) is 1.74. The van der Waals surface area contributed by atoms with Gasteiger partial charge in [-0.3, -0.25) is 4.79 Å². The highest BCUT2D eigenvalue weighted by atomic mass is 16.5. The molecule has 0 aliphatic heterocycles. The smallest absolute Gasteiger partial charge is 0.185 e. The minimum atomic E-state index is -0.277. The van der Waals surface area contributed by atoms with Gasteiger partial charge in [0.05, 0.1) is 7.11 Å². The van der Waals surface area contributed by atoms with Crippen molar-refractivity contribution in [2.75, 3.05) is 7.11 Å². The molecule has 0 saturated heterocycles. The van der Waals surface area contributed by atoms with Crippen LogP contribution in [0.4, 0.5) is 0 Å². The maximum absolute atomic E-state index is 12.0. The van der Waals surface area contributed by atoms with E-state index >= 15 is 0 Å². The van der Waals surface area contributed by atoms with E-state index in [4.69, 9.17) is 4.74 Å². The fourth-order valence-electron chi connectivity index (χ4n) is 1.74. The predicted octanol–water partition coefficient (Wildman–Crippen LogP) is 2.71. The number of aromatic hydroxyl groups is 3. The average molecular weight is 286 g/mol. The van der Waals surface area contributed by atoms with E-state index in [0.29, 0.717) is 11.1 Å². The summed E-state index contributed by atoms with van der Waals surface area (Å²) in [6.07, 6.45) is 2.85. The van der Waals surface area contributed by atoms with E-state index in [1.807, 2.05) is 0 Å². The number of carbonyl (C=O) groups excluding carboxylic acids is 1. The maximum Gasteiger partial charge on any atom is 0.185 e. The van der Waals surface area contributed by atoms with Crippen LogP contribution in [0.15, 0.2) is 42.5 Å². The first-order valence-corrected chi connectivity index (χ1v) is 6.12. The van der Waals surface area contributed by atoms with Crippen LogP contribution in [-0.4, -0.2) is 28.2 Å². The first-order chi connectivity index (χ1) is 10.0. The van der Waals surface area contributed by atoms with Crippen LogP contribution in [0.25, 0.3) is 6.08 Å². The Labute approximate surface area is 121 Å².